The van der Waals surface area contributed by atoms with Gasteiger partial charge in [-0.05, 0) is 37.0 Å². The van der Waals surface area contributed by atoms with Gasteiger partial charge in [0.15, 0.2) is 0 Å². The number of hydrogen-bond donors (Lipinski definition) is 0. The van der Waals surface area contributed by atoms with Crippen LogP contribution in [0.4, 0.5) is 0 Å². The number of esters is 1. The summed E-state index contributed by atoms with van der Waals surface area (Å²) in [4.78, 5) is 21.6. The monoisotopic (exact) mass is 234 g/mol. The molecule has 0 saturated carbocycles. The van der Waals surface area contributed by atoms with Gasteiger partial charge in [-0.3, -0.25) is 4.79 Å². The molecule has 1 aromatic rings. The second-order valence-corrected chi connectivity index (χ2v) is 3.95. The maximum absolute atomic E-state index is 11.3. The number of hydrogen-bond acceptors (Lipinski definition) is 3. The van der Waals surface area contributed by atoms with Gasteiger partial charge in [0.25, 0.3) is 0 Å². The van der Waals surface area contributed by atoms with Crippen molar-refractivity contribution in [2.45, 2.75) is 33.1 Å². The van der Waals surface area contributed by atoms with E-state index in [2.05, 4.69) is 0 Å². The standard InChI is InChI=1S/C14H18O3/c1-3-17-14(16)10-12-6-7-13(5-4-8-15)11(2)9-12/h6-9H,3-5,10H2,1-2H3. The first kappa shape index (κ1) is 13.4. The zero-order chi connectivity index (χ0) is 12.7. The summed E-state index contributed by atoms with van der Waals surface area (Å²) in [6, 6.07) is 5.88. The Labute approximate surface area is 102 Å². The maximum Gasteiger partial charge on any atom is 0.310 e. The Kier molecular flexibility index (Phi) is 5.40. The second-order valence-electron chi connectivity index (χ2n) is 3.95. The highest BCUT2D eigenvalue weighted by molar-refractivity contribution is 5.72. The summed E-state index contributed by atoms with van der Waals surface area (Å²) in [7, 11) is 0. The van der Waals surface area contributed by atoms with Gasteiger partial charge in [0, 0.05) is 6.42 Å². The first-order valence-corrected chi connectivity index (χ1v) is 5.85. The van der Waals surface area contributed by atoms with Crippen LogP contribution in [-0.2, 0) is 27.2 Å². The van der Waals surface area contributed by atoms with Gasteiger partial charge in [-0.15, -0.1) is 0 Å². The molecule has 1 rings (SSSR count). The van der Waals surface area contributed by atoms with E-state index in [9.17, 15) is 9.59 Å². The number of aldehydes is 1. The van der Waals surface area contributed by atoms with Gasteiger partial charge in [0.1, 0.15) is 6.29 Å². The Morgan fingerprint density at radius 2 is 2.18 bits per heavy atom. The summed E-state index contributed by atoms with van der Waals surface area (Å²) in [5.41, 5.74) is 3.23. The normalized spacial score (nSPS) is 10.0. The zero-order valence-corrected chi connectivity index (χ0v) is 10.4. The lowest BCUT2D eigenvalue weighted by Gasteiger charge is -2.07. The summed E-state index contributed by atoms with van der Waals surface area (Å²) in [5, 5.41) is 0. The Hall–Kier alpha value is -1.64. The molecule has 3 heteroatoms. The highest BCUT2D eigenvalue weighted by Gasteiger charge is 2.05. The Bertz CT molecular complexity index is 396. The van der Waals surface area contributed by atoms with Gasteiger partial charge in [0.2, 0.25) is 0 Å². The number of benzene rings is 1. The molecule has 0 atom stereocenters. The van der Waals surface area contributed by atoms with E-state index in [0.717, 1.165) is 29.4 Å². The molecule has 0 N–H and O–H groups in total. The second kappa shape index (κ2) is 6.84. The van der Waals surface area contributed by atoms with Crippen molar-refractivity contribution < 1.29 is 14.3 Å². The smallest absolute Gasteiger partial charge is 0.310 e. The molecular formula is C14H18O3. The Morgan fingerprint density at radius 1 is 1.41 bits per heavy atom. The minimum atomic E-state index is -0.201. The van der Waals surface area contributed by atoms with Crippen molar-refractivity contribution in [2.75, 3.05) is 6.61 Å². The molecule has 0 saturated heterocycles. The van der Waals surface area contributed by atoms with Crippen molar-refractivity contribution in [1.82, 2.24) is 0 Å². The van der Waals surface area contributed by atoms with Crippen molar-refractivity contribution >= 4 is 12.3 Å². The Morgan fingerprint density at radius 3 is 2.76 bits per heavy atom. The first-order valence-electron chi connectivity index (χ1n) is 5.85. The molecule has 17 heavy (non-hydrogen) atoms. The van der Waals surface area contributed by atoms with Crippen LogP contribution in [0.5, 0.6) is 0 Å². The predicted octanol–water partition coefficient (Wildman–Crippen LogP) is 2.23. The molecule has 0 amide bonds. The molecule has 0 aliphatic heterocycles. The number of rotatable bonds is 6. The molecule has 0 fully saturated rings. The van der Waals surface area contributed by atoms with E-state index in [1.165, 1.54) is 0 Å². The number of ether oxygens (including phenoxy) is 1. The summed E-state index contributed by atoms with van der Waals surface area (Å²) >= 11 is 0. The third kappa shape index (κ3) is 4.39. The average molecular weight is 234 g/mol. The average Bonchev–Trinajstić information content (AvgIpc) is 2.28. The van der Waals surface area contributed by atoms with E-state index >= 15 is 0 Å². The van der Waals surface area contributed by atoms with Gasteiger partial charge < -0.3 is 9.53 Å². The van der Waals surface area contributed by atoms with Crippen LogP contribution in [0.2, 0.25) is 0 Å². The molecule has 0 bridgehead atoms. The SMILES string of the molecule is CCOC(=O)Cc1ccc(CCC=O)c(C)c1. The van der Waals surface area contributed by atoms with E-state index in [1.807, 2.05) is 25.1 Å². The number of aryl methyl sites for hydroxylation is 2. The fraction of sp³-hybridized carbons (Fsp3) is 0.429. The third-order valence-electron chi connectivity index (χ3n) is 2.59. The van der Waals surface area contributed by atoms with Crippen LogP contribution < -0.4 is 0 Å². The van der Waals surface area contributed by atoms with Gasteiger partial charge in [-0.2, -0.15) is 0 Å². The molecule has 0 aliphatic rings. The highest BCUT2D eigenvalue weighted by Crippen LogP contribution is 2.13. The van der Waals surface area contributed by atoms with Gasteiger partial charge in [0.05, 0.1) is 13.0 Å². The van der Waals surface area contributed by atoms with E-state index in [-0.39, 0.29) is 5.97 Å². The summed E-state index contributed by atoms with van der Waals surface area (Å²) < 4.78 is 4.90. The predicted molar refractivity (Wildman–Crippen MR) is 65.9 cm³/mol. The van der Waals surface area contributed by atoms with Crippen molar-refractivity contribution in [3.05, 3.63) is 34.9 Å². The molecule has 0 heterocycles. The van der Waals surface area contributed by atoms with Crippen LogP contribution in [0, 0.1) is 6.92 Å². The molecular weight excluding hydrogens is 216 g/mol. The third-order valence-corrected chi connectivity index (χ3v) is 2.59. The zero-order valence-electron chi connectivity index (χ0n) is 10.4. The topological polar surface area (TPSA) is 43.4 Å². The number of carbonyl (C=O) groups is 2. The summed E-state index contributed by atoms with van der Waals surface area (Å²) in [5.74, 6) is -0.201. The number of carbonyl (C=O) groups excluding carboxylic acids is 2. The van der Waals surface area contributed by atoms with Crippen LogP contribution in [0.1, 0.15) is 30.0 Å². The van der Waals surface area contributed by atoms with Crippen LogP contribution in [0.3, 0.4) is 0 Å². The molecule has 3 nitrogen and oxygen atoms in total. The maximum atomic E-state index is 11.3. The van der Waals surface area contributed by atoms with Gasteiger partial charge >= 0.3 is 5.97 Å². The van der Waals surface area contributed by atoms with E-state index < -0.39 is 0 Å². The lowest BCUT2D eigenvalue weighted by molar-refractivity contribution is -0.142. The minimum absolute atomic E-state index is 0.201. The lowest BCUT2D eigenvalue weighted by atomic mass is 10.0. The quantitative estimate of drug-likeness (QED) is 0.560. The Balaban J connectivity index is 2.67. The summed E-state index contributed by atoms with van der Waals surface area (Å²) in [6.07, 6.45) is 2.53. The van der Waals surface area contributed by atoms with Crippen LogP contribution in [0.25, 0.3) is 0 Å². The van der Waals surface area contributed by atoms with E-state index in [4.69, 9.17) is 4.74 Å². The molecule has 0 spiro atoms. The molecule has 0 aliphatic carbocycles. The van der Waals surface area contributed by atoms with Crippen LogP contribution in [-0.4, -0.2) is 18.9 Å². The molecule has 0 aromatic heterocycles. The molecule has 92 valence electrons. The fourth-order valence-corrected chi connectivity index (χ4v) is 1.74. The van der Waals surface area contributed by atoms with Crippen LogP contribution in [0.15, 0.2) is 18.2 Å². The largest absolute Gasteiger partial charge is 0.466 e. The summed E-state index contributed by atoms with van der Waals surface area (Å²) in [6.45, 7) is 4.20. The van der Waals surface area contributed by atoms with Crippen molar-refractivity contribution in [2.24, 2.45) is 0 Å². The van der Waals surface area contributed by atoms with Crippen molar-refractivity contribution in [3.8, 4) is 0 Å². The first-order chi connectivity index (χ1) is 8.17. The fourth-order valence-electron chi connectivity index (χ4n) is 1.74. The molecule has 0 unspecified atom stereocenters. The molecule has 1 aromatic carbocycles. The van der Waals surface area contributed by atoms with Crippen molar-refractivity contribution in [1.29, 1.82) is 0 Å². The van der Waals surface area contributed by atoms with Gasteiger partial charge in [-0.1, -0.05) is 18.2 Å². The minimum Gasteiger partial charge on any atom is -0.466 e. The van der Waals surface area contributed by atoms with Gasteiger partial charge in [-0.25, -0.2) is 0 Å². The van der Waals surface area contributed by atoms with Crippen LogP contribution >= 0.6 is 0 Å². The van der Waals surface area contributed by atoms with E-state index in [1.54, 1.807) is 6.92 Å². The van der Waals surface area contributed by atoms with Crippen molar-refractivity contribution in [3.63, 3.8) is 0 Å². The van der Waals surface area contributed by atoms with E-state index in [0.29, 0.717) is 19.4 Å². The lowest BCUT2D eigenvalue weighted by Crippen LogP contribution is -2.07. The molecule has 0 radical (unpaired) electrons. The highest BCUT2D eigenvalue weighted by atomic mass is 16.5.